The molecular weight excluding hydrogens is 554 g/mol. The number of ether oxygens (including phenoxy) is 3. The van der Waals surface area contributed by atoms with Crippen molar-refractivity contribution in [2.45, 2.75) is 102 Å². The second-order valence-electron chi connectivity index (χ2n) is 13.9. The summed E-state index contributed by atoms with van der Waals surface area (Å²) >= 11 is 1.49. The third kappa shape index (κ3) is 5.05. The summed E-state index contributed by atoms with van der Waals surface area (Å²) in [4.78, 5) is 36.0. The Hall–Kier alpha value is -1.85. The predicted molar refractivity (Wildman–Crippen MR) is 159 cm³/mol. The number of carbonyl (C=O) groups excluding carboxylic acids is 2. The Kier molecular flexibility index (Phi) is 8.09. The summed E-state index contributed by atoms with van der Waals surface area (Å²) in [6.07, 6.45) is 9.93. The first kappa shape index (κ1) is 30.2. The molecule has 2 saturated heterocycles. The van der Waals surface area contributed by atoms with Crippen molar-refractivity contribution in [2.24, 2.45) is 33.8 Å². The van der Waals surface area contributed by atoms with Gasteiger partial charge in [-0.2, -0.15) is 0 Å². The number of hydrogen-bond donors (Lipinski definition) is 2. The highest BCUT2D eigenvalue weighted by Gasteiger charge is 2.66. The summed E-state index contributed by atoms with van der Waals surface area (Å²) in [5.41, 5.74) is 6.14. The summed E-state index contributed by atoms with van der Waals surface area (Å²) in [6.45, 7) is 9.29. The molecule has 3 heterocycles. The average Bonchev–Trinajstić information content (AvgIpc) is 3.63. The van der Waals surface area contributed by atoms with Crippen LogP contribution in [0.1, 0.15) is 70.7 Å². The molecule has 3 saturated carbocycles. The maximum Gasteiger partial charge on any atom is 0.316 e. The molecule has 2 bridgehead atoms. The number of aromatic nitrogens is 2. The van der Waals surface area contributed by atoms with Gasteiger partial charge in [0.15, 0.2) is 0 Å². The van der Waals surface area contributed by atoms with Gasteiger partial charge in [0.1, 0.15) is 18.0 Å². The molecule has 1 aromatic heterocycles. The number of aliphatic hydroxyl groups is 1. The SMILES string of the molecule is Cc1nccnc1/C=C/[C@@]1(C)C[C@@H](OC(=O)CS[C@H]2COC3[C@@H](N)CO[C@@H]32)[C@]2(C)[C@H](C)CC[C@]3(CCC(=O)[C@H]32)C[C@@H]1O. The number of esters is 1. The number of ketones is 1. The fraction of sp³-hybridized carbons (Fsp3) is 0.750. The number of Topliss-reactive ketones (excluding diaryl/α,β-unsaturated/α-hetero) is 1. The molecule has 0 aromatic carbocycles. The molecule has 5 aliphatic rings. The molecule has 0 spiro atoms. The number of aryl methyl sites for hydroxylation is 1. The normalized spacial score (nSPS) is 45.0. The van der Waals surface area contributed by atoms with E-state index in [1.54, 1.807) is 12.4 Å². The van der Waals surface area contributed by atoms with E-state index in [0.717, 1.165) is 30.7 Å². The van der Waals surface area contributed by atoms with Gasteiger partial charge in [-0.3, -0.25) is 19.6 Å². The molecule has 1 aromatic rings. The zero-order chi connectivity index (χ0) is 29.9. The number of carbonyl (C=O) groups is 2. The van der Waals surface area contributed by atoms with Crippen LogP contribution < -0.4 is 5.73 Å². The Labute approximate surface area is 252 Å². The van der Waals surface area contributed by atoms with Crippen LogP contribution in [0.2, 0.25) is 0 Å². The number of nitrogens with zero attached hydrogens (tertiary/aromatic N) is 2. The van der Waals surface area contributed by atoms with Gasteiger partial charge in [-0.25, -0.2) is 0 Å². The Balaban J connectivity index is 1.29. The zero-order valence-corrected chi connectivity index (χ0v) is 26.0. The smallest absolute Gasteiger partial charge is 0.316 e. The summed E-state index contributed by atoms with van der Waals surface area (Å²) in [5.74, 6) is 0.0593. The lowest BCUT2D eigenvalue weighted by Gasteiger charge is -2.59. The highest BCUT2D eigenvalue weighted by molar-refractivity contribution is 8.00. The standard InChI is InChI=1S/C32H45N3O6S/c1-18-5-9-32-10-7-22(36)29(32)31(18,4)25(41-26(38)17-42-23-16-40-27-20(33)15-39-28(23)27)14-30(3,24(37)13-32)8-6-21-19(2)34-11-12-35-21/h6,8,11-12,18,20,23-25,27-29,37H,5,7,9-10,13-17,33H2,1-4H3/b8-6+/t18-,20+,23+,24+,25-,27?,28-,29+,30+,31+,32+/m1/s1. The summed E-state index contributed by atoms with van der Waals surface area (Å²) in [7, 11) is 0. The number of aliphatic hydroxyl groups excluding tert-OH is 1. The van der Waals surface area contributed by atoms with Gasteiger partial charge in [0.2, 0.25) is 0 Å². The zero-order valence-electron chi connectivity index (χ0n) is 25.2. The highest BCUT2D eigenvalue weighted by atomic mass is 32.2. The van der Waals surface area contributed by atoms with Gasteiger partial charge in [0.25, 0.3) is 0 Å². The summed E-state index contributed by atoms with van der Waals surface area (Å²) in [6, 6.07) is -0.137. The predicted octanol–water partition coefficient (Wildman–Crippen LogP) is 3.50. The first-order valence-electron chi connectivity index (χ1n) is 15.4. The molecule has 2 aliphatic heterocycles. The molecule has 5 fully saturated rings. The Bertz CT molecular complexity index is 1250. The largest absolute Gasteiger partial charge is 0.461 e. The first-order chi connectivity index (χ1) is 20.0. The second kappa shape index (κ2) is 11.3. The lowest BCUT2D eigenvalue weighted by atomic mass is 9.46. The van der Waals surface area contributed by atoms with Gasteiger partial charge in [0.05, 0.1) is 53.9 Å². The summed E-state index contributed by atoms with van der Waals surface area (Å²) in [5, 5.41) is 11.9. The van der Waals surface area contributed by atoms with Gasteiger partial charge in [-0.05, 0) is 56.4 Å². The van der Waals surface area contributed by atoms with E-state index in [2.05, 4.69) is 23.8 Å². The van der Waals surface area contributed by atoms with Crippen molar-refractivity contribution in [3.63, 3.8) is 0 Å². The van der Waals surface area contributed by atoms with Gasteiger partial charge in [-0.1, -0.05) is 26.8 Å². The minimum atomic E-state index is -0.705. The number of hydrogen-bond acceptors (Lipinski definition) is 10. The third-order valence-corrected chi connectivity index (χ3v) is 12.8. The Morgan fingerprint density at radius 3 is 2.74 bits per heavy atom. The number of rotatable bonds is 6. The molecule has 10 heteroatoms. The van der Waals surface area contributed by atoms with E-state index in [-0.39, 0.29) is 58.3 Å². The molecule has 3 aliphatic carbocycles. The minimum absolute atomic E-state index is 0.0203. The van der Waals surface area contributed by atoms with Gasteiger partial charge < -0.3 is 25.1 Å². The molecule has 42 heavy (non-hydrogen) atoms. The van der Waals surface area contributed by atoms with Crippen molar-refractivity contribution in [1.29, 1.82) is 0 Å². The average molecular weight is 600 g/mol. The molecular formula is C32H45N3O6S. The van der Waals surface area contributed by atoms with Crippen LogP contribution in [0.15, 0.2) is 18.5 Å². The molecule has 11 atom stereocenters. The topological polar surface area (TPSA) is 134 Å². The van der Waals surface area contributed by atoms with Crippen LogP contribution >= 0.6 is 11.8 Å². The van der Waals surface area contributed by atoms with Crippen LogP contribution in [0.3, 0.4) is 0 Å². The van der Waals surface area contributed by atoms with Crippen LogP contribution in [0.5, 0.6) is 0 Å². The van der Waals surface area contributed by atoms with E-state index in [1.165, 1.54) is 11.8 Å². The Morgan fingerprint density at radius 1 is 1.19 bits per heavy atom. The van der Waals surface area contributed by atoms with Gasteiger partial charge in [-0.15, -0.1) is 11.8 Å². The van der Waals surface area contributed by atoms with Crippen molar-refractivity contribution < 1.29 is 28.9 Å². The molecule has 0 amide bonds. The fourth-order valence-electron chi connectivity index (χ4n) is 8.78. The van der Waals surface area contributed by atoms with Crippen molar-refractivity contribution in [2.75, 3.05) is 19.0 Å². The monoisotopic (exact) mass is 599 g/mol. The fourth-order valence-corrected chi connectivity index (χ4v) is 9.80. The molecule has 1 unspecified atom stereocenters. The summed E-state index contributed by atoms with van der Waals surface area (Å²) < 4.78 is 18.2. The quantitative estimate of drug-likeness (QED) is 0.468. The molecule has 3 N–H and O–H groups in total. The van der Waals surface area contributed by atoms with E-state index in [1.807, 2.05) is 26.0 Å². The van der Waals surface area contributed by atoms with E-state index < -0.39 is 23.0 Å². The molecule has 9 nitrogen and oxygen atoms in total. The van der Waals surface area contributed by atoms with Crippen molar-refractivity contribution in [1.82, 2.24) is 9.97 Å². The lowest BCUT2D eigenvalue weighted by molar-refractivity contribution is -0.193. The molecule has 0 radical (unpaired) electrons. The number of thioether (sulfide) groups is 1. The number of nitrogens with two attached hydrogens (primary N) is 1. The lowest BCUT2D eigenvalue weighted by Crippen LogP contribution is -2.60. The van der Waals surface area contributed by atoms with E-state index in [9.17, 15) is 14.7 Å². The Morgan fingerprint density at radius 2 is 1.95 bits per heavy atom. The second-order valence-corrected chi connectivity index (χ2v) is 15.2. The van der Waals surface area contributed by atoms with Crippen molar-refractivity contribution in [3.05, 3.63) is 29.9 Å². The highest BCUT2D eigenvalue weighted by Crippen LogP contribution is 2.66. The van der Waals surface area contributed by atoms with E-state index in [4.69, 9.17) is 19.9 Å². The molecule has 230 valence electrons. The van der Waals surface area contributed by atoms with Crippen molar-refractivity contribution in [3.8, 4) is 0 Å². The van der Waals surface area contributed by atoms with Crippen molar-refractivity contribution >= 4 is 29.6 Å². The van der Waals surface area contributed by atoms with Crippen LogP contribution in [-0.2, 0) is 23.8 Å². The van der Waals surface area contributed by atoms with E-state index in [0.29, 0.717) is 32.5 Å². The maximum atomic E-state index is 13.6. The van der Waals surface area contributed by atoms with Crippen LogP contribution in [0.25, 0.3) is 6.08 Å². The van der Waals surface area contributed by atoms with Gasteiger partial charge in [0, 0.05) is 35.6 Å². The first-order valence-corrected chi connectivity index (χ1v) is 16.5. The van der Waals surface area contributed by atoms with Crippen LogP contribution in [0.4, 0.5) is 0 Å². The maximum absolute atomic E-state index is 13.6. The van der Waals surface area contributed by atoms with Crippen LogP contribution in [0, 0.1) is 35.0 Å². The number of fused-ring (bicyclic) bond motifs is 1. The molecule has 6 rings (SSSR count). The van der Waals surface area contributed by atoms with E-state index >= 15 is 0 Å². The minimum Gasteiger partial charge on any atom is -0.461 e. The van der Waals surface area contributed by atoms with Gasteiger partial charge >= 0.3 is 5.97 Å². The third-order valence-electron chi connectivity index (χ3n) is 11.5. The van der Waals surface area contributed by atoms with Crippen LogP contribution in [-0.4, -0.2) is 81.5 Å².